The molecule has 0 saturated carbocycles. The number of amides is 2. The molecule has 0 saturated heterocycles. The molecule has 0 spiro atoms. The summed E-state index contributed by atoms with van der Waals surface area (Å²) in [7, 11) is 0. The Balaban J connectivity index is 1.61. The summed E-state index contributed by atoms with van der Waals surface area (Å²) < 4.78 is 58.2. The van der Waals surface area contributed by atoms with Gasteiger partial charge in [-0.25, -0.2) is 9.37 Å². The molecule has 0 radical (unpaired) electrons. The van der Waals surface area contributed by atoms with Crippen LogP contribution in [0.2, 0.25) is 10.2 Å². The summed E-state index contributed by atoms with van der Waals surface area (Å²) in [5.74, 6) is -1.20. The number of hydrogen-bond donors (Lipinski definition) is 2. The summed E-state index contributed by atoms with van der Waals surface area (Å²) >= 11 is 18.1. The molecule has 1 heterocycles. The van der Waals surface area contributed by atoms with Gasteiger partial charge in [0.25, 0.3) is 17.5 Å². The minimum absolute atomic E-state index is 0.00484. The summed E-state index contributed by atoms with van der Waals surface area (Å²) in [4.78, 5) is 29.4. The van der Waals surface area contributed by atoms with E-state index in [0.717, 1.165) is 24.3 Å². The highest BCUT2D eigenvalue weighted by Crippen LogP contribution is 2.50. The number of rotatable bonds is 6. The lowest BCUT2D eigenvalue weighted by Crippen LogP contribution is -2.39. The van der Waals surface area contributed by atoms with Crippen molar-refractivity contribution in [2.45, 2.75) is 11.8 Å². The predicted molar refractivity (Wildman–Crippen MR) is 153 cm³/mol. The van der Waals surface area contributed by atoms with Crippen molar-refractivity contribution in [1.82, 2.24) is 4.98 Å². The zero-order valence-corrected chi connectivity index (χ0v) is 24.5. The molecule has 0 bridgehead atoms. The molecular formula is C27H15Br2Cl2F4N3O2. The second-order valence-electron chi connectivity index (χ2n) is 8.31. The van der Waals surface area contributed by atoms with Crippen molar-refractivity contribution in [3.05, 3.63) is 120 Å². The summed E-state index contributed by atoms with van der Waals surface area (Å²) in [6.07, 6.45) is -3.90. The Morgan fingerprint density at radius 1 is 0.775 bits per heavy atom. The van der Waals surface area contributed by atoms with E-state index >= 15 is 4.39 Å². The molecule has 3 aromatic carbocycles. The first-order valence-electron chi connectivity index (χ1n) is 11.2. The van der Waals surface area contributed by atoms with Crippen LogP contribution in [0, 0.1) is 0 Å². The lowest BCUT2D eigenvalue weighted by atomic mass is 9.87. The van der Waals surface area contributed by atoms with Crippen molar-refractivity contribution in [2.75, 3.05) is 10.6 Å². The third kappa shape index (κ3) is 6.17. The van der Waals surface area contributed by atoms with Crippen molar-refractivity contribution in [2.24, 2.45) is 0 Å². The Kier molecular flexibility index (Phi) is 8.89. The summed E-state index contributed by atoms with van der Waals surface area (Å²) in [5, 5.41) is 5.14. The van der Waals surface area contributed by atoms with Crippen LogP contribution in [0.3, 0.4) is 0 Å². The van der Waals surface area contributed by atoms with Gasteiger partial charge in [0.1, 0.15) is 5.15 Å². The van der Waals surface area contributed by atoms with Gasteiger partial charge in [0.05, 0.1) is 11.3 Å². The van der Waals surface area contributed by atoms with E-state index in [1.807, 2.05) is 0 Å². The monoisotopic (exact) mass is 717 g/mol. The van der Waals surface area contributed by atoms with E-state index in [4.69, 9.17) is 23.2 Å². The van der Waals surface area contributed by atoms with Crippen molar-refractivity contribution < 1.29 is 27.2 Å². The first-order chi connectivity index (χ1) is 18.8. The number of pyridine rings is 1. The van der Waals surface area contributed by atoms with Crippen LogP contribution in [0.1, 0.15) is 31.8 Å². The molecule has 1 aromatic heterocycles. The topological polar surface area (TPSA) is 71.1 Å². The molecule has 2 amide bonds. The van der Waals surface area contributed by atoms with E-state index in [2.05, 4.69) is 47.5 Å². The number of alkyl halides is 4. The first kappa shape index (κ1) is 30.0. The number of halogens is 8. The van der Waals surface area contributed by atoms with Crippen LogP contribution in [-0.4, -0.2) is 23.0 Å². The van der Waals surface area contributed by atoms with Crippen LogP contribution >= 0.6 is 55.1 Å². The zero-order chi connectivity index (χ0) is 29.2. The Hall–Kier alpha value is -2.99. The highest BCUT2D eigenvalue weighted by Gasteiger charge is 2.58. The average Bonchev–Trinajstić information content (AvgIpc) is 2.89. The number of nitrogens with zero attached hydrogens (tertiary/aromatic N) is 1. The number of benzene rings is 3. The molecule has 4 rings (SSSR count). The van der Waals surface area contributed by atoms with Gasteiger partial charge in [-0.2, -0.15) is 13.2 Å². The zero-order valence-electron chi connectivity index (χ0n) is 19.8. The maximum Gasteiger partial charge on any atom is 0.431 e. The normalized spacial score (nSPS) is 12.9. The van der Waals surface area contributed by atoms with Crippen molar-refractivity contribution in [3.63, 3.8) is 0 Å². The summed E-state index contributed by atoms with van der Waals surface area (Å²) in [5.41, 5.74) is -4.75. The van der Waals surface area contributed by atoms with Gasteiger partial charge in [-0.3, -0.25) is 9.59 Å². The number of hydrogen-bond acceptors (Lipinski definition) is 3. The number of carbonyl (C=O) groups excluding carboxylic acids is 2. The lowest BCUT2D eigenvalue weighted by molar-refractivity contribution is -0.219. The van der Waals surface area contributed by atoms with E-state index in [1.165, 1.54) is 42.6 Å². The lowest BCUT2D eigenvalue weighted by Gasteiger charge is -2.30. The molecule has 0 aliphatic carbocycles. The molecule has 40 heavy (non-hydrogen) atoms. The fourth-order valence-electron chi connectivity index (χ4n) is 3.77. The third-order valence-electron chi connectivity index (χ3n) is 5.68. The smallest absolute Gasteiger partial charge is 0.322 e. The van der Waals surface area contributed by atoms with Gasteiger partial charge in [-0.15, -0.1) is 0 Å². The maximum absolute atomic E-state index is 15.9. The molecule has 4 aromatic rings. The van der Waals surface area contributed by atoms with E-state index < -0.39 is 34.8 Å². The predicted octanol–water partition coefficient (Wildman–Crippen LogP) is 9.19. The third-order valence-corrected chi connectivity index (χ3v) is 7.46. The molecular weight excluding hydrogens is 705 g/mol. The second-order valence-corrected chi connectivity index (χ2v) is 10.8. The van der Waals surface area contributed by atoms with Gasteiger partial charge >= 0.3 is 6.18 Å². The Morgan fingerprint density at radius 3 is 2.08 bits per heavy atom. The number of aromatic nitrogens is 1. The standard InChI is InChI=1S/C27H15Br2Cl2F4N3O2/c28-20-12-16(26(32,27(33,34)35)15-5-2-6-17(30)11-15)13-21(29)22(20)38-24(39)14-4-1-7-18(10-14)37-25(40)19-8-3-9-36-23(19)31/h1-13H,(H,37,40)(H,38,39). The number of anilines is 2. The fraction of sp³-hybridized carbons (Fsp3) is 0.0741. The van der Waals surface area contributed by atoms with E-state index in [9.17, 15) is 22.8 Å². The highest BCUT2D eigenvalue weighted by atomic mass is 79.9. The van der Waals surface area contributed by atoms with Crippen LogP contribution in [0.25, 0.3) is 0 Å². The number of nitrogens with one attached hydrogen (secondary N) is 2. The van der Waals surface area contributed by atoms with Gasteiger partial charge in [0, 0.05) is 42.5 Å². The molecule has 13 heteroatoms. The van der Waals surface area contributed by atoms with Crippen LogP contribution < -0.4 is 10.6 Å². The largest absolute Gasteiger partial charge is 0.431 e. The molecule has 0 fully saturated rings. The molecule has 5 nitrogen and oxygen atoms in total. The van der Waals surface area contributed by atoms with Crippen molar-refractivity contribution in [3.8, 4) is 0 Å². The van der Waals surface area contributed by atoms with E-state index in [0.29, 0.717) is 0 Å². The minimum Gasteiger partial charge on any atom is -0.322 e. The van der Waals surface area contributed by atoms with Crippen LogP contribution in [0.15, 0.2) is 87.9 Å². The van der Waals surface area contributed by atoms with Gasteiger partial charge in [-0.05, 0) is 86.5 Å². The van der Waals surface area contributed by atoms with Gasteiger partial charge < -0.3 is 10.6 Å². The minimum atomic E-state index is -5.33. The second kappa shape index (κ2) is 11.9. The molecule has 1 atom stereocenters. The molecule has 2 N–H and O–H groups in total. The quantitative estimate of drug-likeness (QED) is 0.154. The summed E-state index contributed by atoms with van der Waals surface area (Å²) in [6.45, 7) is 0. The Labute approximate surface area is 252 Å². The molecule has 0 aliphatic rings. The molecule has 206 valence electrons. The van der Waals surface area contributed by atoms with Crippen LogP contribution in [0.5, 0.6) is 0 Å². The van der Waals surface area contributed by atoms with Gasteiger partial charge in [-0.1, -0.05) is 41.4 Å². The van der Waals surface area contributed by atoms with E-state index in [-0.39, 0.29) is 41.6 Å². The van der Waals surface area contributed by atoms with Crippen molar-refractivity contribution >= 4 is 78.3 Å². The van der Waals surface area contributed by atoms with Crippen LogP contribution in [-0.2, 0) is 5.67 Å². The van der Waals surface area contributed by atoms with Gasteiger partial charge in [0.2, 0.25) is 0 Å². The maximum atomic E-state index is 15.9. The fourth-order valence-corrected chi connectivity index (χ4v) is 5.55. The van der Waals surface area contributed by atoms with E-state index in [1.54, 1.807) is 12.1 Å². The van der Waals surface area contributed by atoms with Crippen LogP contribution in [0.4, 0.5) is 28.9 Å². The number of carbonyl (C=O) groups is 2. The van der Waals surface area contributed by atoms with Crippen molar-refractivity contribution in [1.29, 1.82) is 0 Å². The Morgan fingerprint density at radius 2 is 1.45 bits per heavy atom. The Bertz CT molecular complexity index is 1600. The van der Waals surface area contributed by atoms with Gasteiger partial charge in [0.15, 0.2) is 0 Å². The molecule has 0 aliphatic heterocycles. The highest BCUT2D eigenvalue weighted by molar-refractivity contribution is 9.11. The summed E-state index contributed by atoms with van der Waals surface area (Å²) in [6, 6.07) is 15.3. The SMILES string of the molecule is O=C(Nc1c(Br)cc(C(F)(c2cccc(Cl)c2)C(F)(F)F)cc1Br)c1cccc(NC(=O)c2cccnc2Cl)c1. The molecule has 1 unspecified atom stereocenters. The average molecular weight is 720 g/mol. The first-order valence-corrected chi connectivity index (χ1v) is 13.5.